The molecule has 3 rings (SSSR count). The standard InChI is InChI=1S/C15H17ClN4O2/c16-12-4-2-1-3-11(12)14(21)7-17-15(22)9-20-8-13(18-19-20)10-5-6-10/h1-4,8,10,14,21H,5-7,9H2,(H,17,22). The summed E-state index contributed by atoms with van der Waals surface area (Å²) in [4.78, 5) is 11.9. The number of halogens is 1. The summed E-state index contributed by atoms with van der Waals surface area (Å²) in [5, 5.41) is 21.2. The third-order valence-electron chi connectivity index (χ3n) is 3.61. The molecule has 0 bridgehead atoms. The summed E-state index contributed by atoms with van der Waals surface area (Å²) in [5.74, 6) is 0.289. The zero-order valence-electron chi connectivity index (χ0n) is 11.9. The van der Waals surface area contributed by atoms with E-state index < -0.39 is 6.10 Å². The number of rotatable bonds is 6. The molecule has 1 heterocycles. The van der Waals surface area contributed by atoms with Gasteiger partial charge < -0.3 is 10.4 Å². The van der Waals surface area contributed by atoms with Gasteiger partial charge in [0.2, 0.25) is 5.91 Å². The van der Waals surface area contributed by atoms with Crippen LogP contribution in [0.2, 0.25) is 5.02 Å². The second-order valence-electron chi connectivity index (χ2n) is 5.46. The van der Waals surface area contributed by atoms with Crippen LogP contribution in [0.25, 0.3) is 0 Å². The van der Waals surface area contributed by atoms with E-state index >= 15 is 0 Å². The zero-order chi connectivity index (χ0) is 15.5. The lowest BCUT2D eigenvalue weighted by molar-refractivity contribution is -0.122. The Balaban J connectivity index is 1.50. The van der Waals surface area contributed by atoms with Crippen molar-refractivity contribution in [2.75, 3.05) is 6.54 Å². The number of aliphatic hydroxyl groups is 1. The molecule has 1 aliphatic rings. The Morgan fingerprint density at radius 1 is 1.45 bits per heavy atom. The Hall–Kier alpha value is -1.92. The normalized spacial score (nSPS) is 15.5. The number of aromatic nitrogens is 3. The van der Waals surface area contributed by atoms with Crippen LogP contribution in [-0.2, 0) is 11.3 Å². The molecule has 0 radical (unpaired) electrons. The van der Waals surface area contributed by atoms with Crippen molar-refractivity contribution in [3.8, 4) is 0 Å². The van der Waals surface area contributed by atoms with E-state index in [0.29, 0.717) is 16.5 Å². The van der Waals surface area contributed by atoms with Crippen LogP contribution in [0.1, 0.15) is 36.1 Å². The molecule has 1 aliphatic carbocycles. The summed E-state index contributed by atoms with van der Waals surface area (Å²) in [6, 6.07) is 7.02. The molecule has 1 amide bonds. The van der Waals surface area contributed by atoms with Crippen LogP contribution in [-0.4, -0.2) is 32.6 Å². The van der Waals surface area contributed by atoms with Crippen LogP contribution in [0, 0.1) is 0 Å². The highest BCUT2D eigenvalue weighted by Gasteiger charge is 2.26. The number of carbonyl (C=O) groups is 1. The SMILES string of the molecule is O=C(Cn1cc(C2CC2)nn1)NCC(O)c1ccccc1Cl. The van der Waals surface area contributed by atoms with Crippen molar-refractivity contribution in [1.82, 2.24) is 20.3 Å². The molecule has 7 heteroatoms. The van der Waals surface area contributed by atoms with Crippen molar-refractivity contribution in [2.45, 2.75) is 31.4 Å². The fourth-order valence-electron chi connectivity index (χ4n) is 2.23. The third kappa shape index (κ3) is 3.64. The maximum Gasteiger partial charge on any atom is 0.241 e. The van der Waals surface area contributed by atoms with E-state index in [4.69, 9.17) is 11.6 Å². The van der Waals surface area contributed by atoms with Crippen LogP contribution < -0.4 is 5.32 Å². The van der Waals surface area contributed by atoms with Gasteiger partial charge in [-0.1, -0.05) is 35.0 Å². The number of hydrogen-bond acceptors (Lipinski definition) is 4. The fraction of sp³-hybridized carbons (Fsp3) is 0.400. The van der Waals surface area contributed by atoms with Gasteiger partial charge in [0.25, 0.3) is 0 Å². The van der Waals surface area contributed by atoms with Gasteiger partial charge >= 0.3 is 0 Å². The van der Waals surface area contributed by atoms with Crippen LogP contribution in [0.4, 0.5) is 0 Å². The Kier molecular flexibility index (Phi) is 4.40. The second-order valence-corrected chi connectivity index (χ2v) is 5.86. The van der Waals surface area contributed by atoms with Crippen molar-refractivity contribution in [2.24, 2.45) is 0 Å². The number of aliphatic hydroxyl groups excluding tert-OH is 1. The monoisotopic (exact) mass is 320 g/mol. The Morgan fingerprint density at radius 3 is 2.95 bits per heavy atom. The van der Waals surface area contributed by atoms with Gasteiger partial charge in [-0.3, -0.25) is 4.79 Å². The Morgan fingerprint density at radius 2 is 2.23 bits per heavy atom. The van der Waals surface area contributed by atoms with E-state index in [0.717, 1.165) is 18.5 Å². The van der Waals surface area contributed by atoms with Gasteiger partial charge in [0.1, 0.15) is 6.54 Å². The van der Waals surface area contributed by atoms with E-state index in [2.05, 4.69) is 15.6 Å². The highest BCUT2D eigenvalue weighted by atomic mass is 35.5. The second kappa shape index (κ2) is 6.46. The molecule has 1 unspecified atom stereocenters. The first-order valence-corrected chi connectivity index (χ1v) is 7.60. The Bertz CT molecular complexity index is 669. The summed E-state index contributed by atoms with van der Waals surface area (Å²) in [5.41, 5.74) is 1.55. The average Bonchev–Trinajstić information content (AvgIpc) is 3.26. The predicted octanol–water partition coefficient (Wildman–Crippen LogP) is 1.66. The van der Waals surface area contributed by atoms with E-state index in [-0.39, 0.29) is 19.0 Å². The summed E-state index contributed by atoms with van der Waals surface area (Å²) in [6.45, 7) is 0.196. The first kappa shape index (κ1) is 15.0. The summed E-state index contributed by atoms with van der Waals surface area (Å²) >= 11 is 6.01. The van der Waals surface area contributed by atoms with Gasteiger partial charge in [0, 0.05) is 29.2 Å². The quantitative estimate of drug-likeness (QED) is 0.848. The third-order valence-corrected chi connectivity index (χ3v) is 3.96. The number of amides is 1. The van der Waals surface area contributed by atoms with Crippen LogP contribution >= 0.6 is 11.6 Å². The lowest BCUT2D eigenvalue weighted by Gasteiger charge is -2.13. The molecule has 2 N–H and O–H groups in total. The molecule has 22 heavy (non-hydrogen) atoms. The lowest BCUT2D eigenvalue weighted by atomic mass is 10.1. The highest BCUT2D eigenvalue weighted by Crippen LogP contribution is 2.38. The molecule has 1 atom stereocenters. The highest BCUT2D eigenvalue weighted by molar-refractivity contribution is 6.31. The molecule has 1 aromatic heterocycles. The maximum absolute atomic E-state index is 11.9. The van der Waals surface area contributed by atoms with Crippen molar-refractivity contribution in [3.05, 3.63) is 46.7 Å². The first-order chi connectivity index (χ1) is 10.6. The van der Waals surface area contributed by atoms with Gasteiger partial charge in [0.15, 0.2) is 0 Å². The summed E-state index contributed by atoms with van der Waals surface area (Å²) in [7, 11) is 0. The minimum atomic E-state index is -0.838. The molecular weight excluding hydrogens is 304 g/mol. The fourth-order valence-corrected chi connectivity index (χ4v) is 2.49. The minimum absolute atomic E-state index is 0.0922. The lowest BCUT2D eigenvalue weighted by Crippen LogP contribution is -2.31. The van der Waals surface area contributed by atoms with Crippen LogP contribution in [0.3, 0.4) is 0 Å². The number of nitrogens with one attached hydrogen (secondary N) is 1. The molecular formula is C15H17ClN4O2. The predicted molar refractivity (Wildman–Crippen MR) is 81.4 cm³/mol. The van der Waals surface area contributed by atoms with Crippen LogP contribution in [0.5, 0.6) is 0 Å². The van der Waals surface area contributed by atoms with Gasteiger partial charge in [-0.15, -0.1) is 5.10 Å². The average molecular weight is 321 g/mol. The first-order valence-electron chi connectivity index (χ1n) is 7.22. The number of benzene rings is 1. The summed E-state index contributed by atoms with van der Waals surface area (Å²) in [6.07, 6.45) is 3.27. The van der Waals surface area contributed by atoms with Gasteiger partial charge in [-0.05, 0) is 18.9 Å². The van der Waals surface area contributed by atoms with Crippen molar-refractivity contribution >= 4 is 17.5 Å². The topological polar surface area (TPSA) is 80.0 Å². The number of nitrogens with zero attached hydrogens (tertiary/aromatic N) is 3. The number of carbonyl (C=O) groups excluding carboxylic acids is 1. The van der Waals surface area contributed by atoms with Gasteiger partial charge in [-0.25, -0.2) is 4.68 Å². The molecule has 1 aromatic carbocycles. The minimum Gasteiger partial charge on any atom is -0.387 e. The smallest absolute Gasteiger partial charge is 0.241 e. The van der Waals surface area contributed by atoms with Crippen LogP contribution in [0.15, 0.2) is 30.5 Å². The molecule has 116 valence electrons. The molecule has 6 nitrogen and oxygen atoms in total. The zero-order valence-corrected chi connectivity index (χ0v) is 12.7. The van der Waals surface area contributed by atoms with E-state index in [1.807, 2.05) is 6.20 Å². The maximum atomic E-state index is 11.9. The van der Waals surface area contributed by atoms with Crippen molar-refractivity contribution < 1.29 is 9.90 Å². The molecule has 1 fully saturated rings. The van der Waals surface area contributed by atoms with E-state index in [9.17, 15) is 9.90 Å². The van der Waals surface area contributed by atoms with E-state index in [1.54, 1.807) is 24.3 Å². The van der Waals surface area contributed by atoms with Gasteiger partial charge in [0.05, 0.1) is 11.8 Å². The molecule has 1 saturated carbocycles. The summed E-state index contributed by atoms with van der Waals surface area (Å²) < 4.78 is 1.52. The molecule has 0 saturated heterocycles. The molecule has 2 aromatic rings. The van der Waals surface area contributed by atoms with Crippen molar-refractivity contribution in [3.63, 3.8) is 0 Å². The largest absolute Gasteiger partial charge is 0.387 e. The molecule has 0 spiro atoms. The Labute approximate surface area is 133 Å². The van der Waals surface area contributed by atoms with E-state index in [1.165, 1.54) is 4.68 Å². The van der Waals surface area contributed by atoms with Gasteiger partial charge in [-0.2, -0.15) is 0 Å². The van der Waals surface area contributed by atoms with Crippen molar-refractivity contribution in [1.29, 1.82) is 0 Å². The molecule has 0 aliphatic heterocycles. The number of hydrogen-bond donors (Lipinski definition) is 2.